The predicted octanol–water partition coefficient (Wildman–Crippen LogP) is 0.418. The molecule has 0 spiro atoms. The lowest BCUT2D eigenvalue weighted by Crippen LogP contribution is -2.16. The molecule has 0 saturated carbocycles. The minimum absolute atomic E-state index is 0.0292. The molecule has 0 fully saturated rings. The average Bonchev–Trinajstić information content (AvgIpc) is 2.72. The summed E-state index contributed by atoms with van der Waals surface area (Å²) in [6.07, 6.45) is 1.27. The number of H-pyrrole nitrogens is 1. The smallest absolute Gasteiger partial charge is 0.343 e. The van der Waals surface area contributed by atoms with Crippen molar-refractivity contribution in [3.63, 3.8) is 0 Å². The molecule has 2 rings (SSSR count). The van der Waals surface area contributed by atoms with E-state index in [0.717, 1.165) is 11.8 Å². The van der Waals surface area contributed by atoms with Crippen LogP contribution in [-0.4, -0.2) is 30.8 Å². The molecule has 0 aliphatic carbocycles. The zero-order valence-corrected chi connectivity index (χ0v) is 10.8. The molecule has 0 saturated heterocycles. The molecule has 19 heavy (non-hydrogen) atoms. The van der Waals surface area contributed by atoms with Crippen LogP contribution in [-0.2, 0) is 6.54 Å². The molecule has 0 unspecified atom stereocenters. The number of hydrogen-bond acceptors (Lipinski definition) is 6. The zero-order chi connectivity index (χ0) is 14.0. The molecule has 0 bridgehead atoms. The number of nitrogens with zero attached hydrogens (tertiary/aromatic N) is 3. The Labute approximate surface area is 111 Å². The van der Waals surface area contributed by atoms with Crippen LogP contribution in [0.1, 0.15) is 17.3 Å². The highest BCUT2D eigenvalue weighted by Gasteiger charge is 2.13. The van der Waals surface area contributed by atoms with Crippen LogP contribution in [0.25, 0.3) is 0 Å². The third-order valence-corrected chi connectivity index (χ3v) is 3.30. The van der Waals surface area contributed by atoms with E-state index in [1.807, 2.05) is 0 Å². The number of carbonyl (C=O) groups is 1. The summed E-state index contributed by atoms with van der Waals surface area (Å²) in [6, 6.07) is 1.35. The topological polar surface area (TPSA) is 127 Å². The lowest BCUT2D eigenvalue weighted by atomic mass is 10.2. The molecule has 0 aliphatic heterocycles. The van der Waals surface area contributed by atoms with Crippen LogP contribution in [0.2, 0.25) is 0 Å². The third-order valence-electron chi connectivity index (χ3n) is 2.38. The van der Waals surface area contributed by atoms with Gasteiger partial charge in [-0.1, -0.05) is 0 Å². The van der Waals surface area contributed by atoms with Gasteiger partial charge < -0.3 is 10.8 Å². The standard InChI is InChI=1S/C10H11N5O3S/c1-2-15-9(18)13-14-10(15)19-7-3-5(8(16)17)6(11)4-12-7/h3-4H,2,11H2,1H3,(H,13,18)(H,16,17). The van der Waals surface area contributed by atoms with Gasteiger partial charge in [0.25, 0.3) is 0 Å². The van der Waals surface area contributed by atoms with E-state index in [-0.39, 0.29) is 16.9 Å². The van der Waals surface area contributed by atoms with Crippen LogP contribution >= 0.6 is 11.8 Å². The van der Waals surface area contributed by atoms with Crippen molar-refractivity contribution in [2.75, 3.05) is 5.73 Å². The van der Waals surface area contributed by atoms with Gasteiger partial charge in [-0.05, 0) is 24.8 Å². The number of nitrogens with two attached hydrogens (primary N) is 1. The molecule has 100 valence electrons. The number of carboxylic acid groups (broad SMARTS) is 1. The van der Waals surface area contributed by atoms with E-state index >= 15 is 0 Å². The van der Waals surface area contributed by atoms with Crippen molar-refractivity contribution in [1.29, 1.82) is 0 Å². The normalized spacial score (nSPS) is 10.6. The minimum Gasteiger partial charge on any atom is -0.478 e. The zero-order valence-electron chi connectivity index (χ0n) is 9.95. The van der Waals surface area contributed by atoms with E-state index in [2.05, 4.69) is 15.2 Å². The molecular weight excluding hydrogens is 270 g/mol. The second kappa shape index (κ2) is 5.14. The maximum absolute atomic E-state index is 11.4. The number of hydrogen-bond donors (Lipinski definition) is 3. The fourth-order valence-corrected chi connectivity index (χ4v) is 2.32. The van der Waals surface area contributed by atoms with Gasteiger partial charge in [-0.2, -0.15) is 0 Å². The summed E-state index contributed by atoms with van der Waals surface area (Å²) in [5.74, 6) is -1.13. The molecule has 9 heteroatoms. The summed E-state index contributed by atoms with van der Waals surface area (Å²) < 4.78 is 1.42. The molecule has 0 aromatic carbocycles. The number of nitrogen functional groups attached to an aromatic ring is 1. The fraction of sp³-hybridized carbons (Fsp3) is 0.200. The van der Waals surface area contributed by atoms with E-state index in [4.69, 9.17) is 10.8 Å². The number of nitrogens with one attached hydrogen (secondary N) is 1. The van der Waals surface area contributed by atoms with Crippen molar-refractivity contribution >= 4 is 23.4 Å². The number of anilines is 1. The van der Waals surface area contributed by atoms with E-state index in [1.54, 1.807) is 6.92 Å². The highest BCUT2D eigenvalue weighted by molar-refractivity contribution is 7.99. The van der Waals surface area contributed by atoms with Gasteiger partial charge in [0, 0.05) is 6.54 Å². The van der Waals surface area contributed by atoms with Crippen LogP contribution in [0.3, 0.4) is 0 Å². The summed E-state index contributed by atoms with van der Waals surface area (Å²) in [7, 11) is 0. The molecule has 0 radical (unpaired) electrons. The molecule has 0 atom stereocenters. The Morgan fingerprint density at radius 3 is 3.00 bits per heavy atom. The Morgan fingerprint density at radius 1 is 1.63 bits per heavy atom. The lowest BCUT2D eigenvalue weighted by Gasteiger charge is -2.04. The quantitative estimate of drug-likeness (QED) is 0.741. The highest BCUT2D eigenvalue weighted by Crippen LogP contribution is 2.25. The van der Waals surface area contributed by atoms with Crippen molar-refractivity contribution in [2.45, 2.75) is 23.7 Å². The molecule has 4 N–H and O–H groups in total. The van der Waals surface area contributed by atoms with Gasteiger partial charge in [-0.15, -0.1) is 5.10 Å². The maximum Gasteiger partial charge on any atom is 0.343 e. The van der Waals surface area contributed by atoms with Crippen LogP contribution in [0, 0.1) is 0 Å². The number of carboxylic acids is 1. The molecule has 2 aromatic heterocycles. The fourth-order valence-electron chi connectivity index (χ4n) is 1.44. The Balaban J connectivity index is 2.36. The second-order valence-corrected chi connectivity index (χ2v) is 4.56. The van der Waals surface area contributed by atoms with Crippen LogP contribution < -0.4 is 11.4 Å². The average molecular weight is 281 g/mol. The SMILES string of the molecule is CCn1c(Sc2cc(C(=O)O)c(N)cn2)n[nH]c1=O. The maximum atomic E-state index is 11.4. The van der Waals surface area contributed by atoms with Gasteiger partial charge in [-0.25, -0.2) is 19.7 Å². The van der Waals surface area contributed by atoms with Gasteiger partial charge in [0.05, 0.1) is 17.4 Å². The Hall–Kier alpha value is -2.29. The van der Waals surface area contributed by atoms with Crippen molar-refractivity contribution in [3.05, 3.63) is 28.3 Å². The van der Waals surface area contributed by atoms with Crippen molar-refractivity contribution in [1.82, 2.24) is 19.7 Å². The molecule has 8 nitrogen and oxygen atoms in total. The highest BCUT2D eigenvalue weighted by atomic mass is 32.2. The summed E-state index contributed by atoms with van der Waals surface area (Å²) in [5, 5.41) is 16.0. The summed E-state index contributed by atoms with van der Waals surface area (Å²) in [6.45, 7) is 2.26. The second-order valence-electron chi connectivity index (χ2n) is 3.57. The van der Waals surface area contributed by atoms with E-state index in [1.165, 1.54) is 16.8 Å². The van der Waals surface area contributed by atoms with Crippen LogP contribution in [0.5, 0.6) is 0 Å². The number of rotatable bonds is 4. The first-order valence-corrected chi connectivity index (χ1v) is 6.16. The monoisotopic (exact) mass is 281 g/mol. The summed E-state index contributed by atoms with van der Waals surface area (Å²) in [5.41, 5.74) is 5.25. The summed E-state index contributed by atoms with van der Waals surface area (Å²) in [4.78, 5) is 26.4. The largest absolute Gasteiger partial charge is 0.478 e. The number of aromatic carboxylic acids is 1. The third kappa shape index (κ3) is 2.60. The van der Waals surface area contributed by atoms with Gasteiger partial charge in [-0.3, -0.25) is 4.57 Å². The Morgan fingerprint density at radius 2 is 2.37 bits per heavy atom. The van der Waals surface area contributed by atoms with Crippen LogP contribution in [0.4, 0.5) is 5.69 Å². The molecule has 0 amide bonds. The van der Waals surface area contributed by atoms with Gasteiger partial charge in [0.1, 0.15) is 5.03 Å². The van der Waals surface area contributed by atoms with E-state index in [0.29, 0.717) is 16.7 Å². The molecule has 2 heterocycles. The first-order chi connectivity index (χ1) is 9.02. The van der Waals surface area contributed by atoms with Gasteiger partial charge in [0.15, 0.2) is 5.16 Å². The Kier molecular flexibility index (Phi) is 3.56. The number of aromatic amines is 1. The van der Waals surface area contributed by atoms with E-state index in [9.17, 15) is 9.59 Å². The minimum atomic E-state index is -1.13. The molecule has 2 aromatic rings. The molecule has 0 aliphatic rings. The van der Waals surface area contributed by atoms with Crippen molar-refractivity contribution in [3.8, 4) is 0 Å². The van der Waals surface area contributed by atoms with Gasteiger partial charge in [0.2, 0.25) is 0 Å². The van der Waals surface area contributed by atoms with Crippen molar-refractivity contribution < 1.29 is 9.90 Å². The van der Waals surface area contributed by atoms with E-state index < -0.39 is 5.97 Å². The first-order valence-electron chi connectivity index (χ1n) is 5.34. The van der Waals surface area contributed by atoms with Crippen LogP contribution in [0.15, 0.2) is 27.2 Å². The lowest BCUT2D eigenvalue weighted by molar-refractivity contribution is 0.0697. The molecular formula is C10H11N5O3S. The number of aromatic nitrogens is 4. The summed E-state index contributed by atoms with van der Waals surface area (Å²) >= 11 is 1.09. The predicted molar refractivity (Wildman–Crippen MR) is 68.3 cm³/mol. The first kappa shape index (κ1) is 13.1. The Bertz CT molecular complexity index is 678. The van der Waals surface area contributed by atoms with Crippen molar-refractivity contribution in [2.24, 2.45) is 0 Å². The number of pyridine rings is 1. The van der Waals surface area contributed by atoms with Gasteiger partial charge >= 0.3 is 11.7 Å².